The van der Waals surface area contributed by atoms with Gasteiger partial charge in [-0.1, -0.05) is 0 Å². The SMILES string of the molecule is C#CCCCOc1ccc(C(N)=O)cn1. The molecule has 1 amide bonds. The topological polar surface area (TPSA) is 65.2 Å². The van der Waals surface area contributed by atoms with Crippen molar-refractivity contribution in [1.82, 2.24) is 4.98 Å². The Morgan fingerprint density at radius 2 is 2.40 bits per heavy atom. The zero-order chi connectivity index (χ0) is 11.1. The molecule has 0 saturated heterocycles. The lowest BCUT2D eigenvalue weighted by Crippen LogP contribution is -2.11. The lowest BCUT2D eigenvalue weighted by atomic mass is 10.3. The molecule has 0 saturated carbocycles. The highest BCUT2D eigenvalue weighted by molar-refractivity contribution is 5.92. The van der Waals surface area contributed by atoms with E-state index >= 15 is 0 Å². The fraction of sp³-hybridized carbons (Fsp3) is 0.273. The maximum absolute atomic E-state index is 10.7. The average molecular weight is 204 g/mol. The third-order valence-corrected chi connectivity index (χ3v) is 1.74. The summed E-state index contributed by atoms with van der Waals surface area (Å²) in [5, 5.41) is 0. The van der Waals surface area contributed by atoms with Crippen molar-refractivity contribution in [3.63, 3.8) is 0 Å². The van der Waals surface area contributed by atoms with Crippen molar-refractivity contribution in [2.75, 3.05) is 6.61 Å². The van der Waals surface area contributed by atoms with Crippen molar-refractivity contribution in [2.45, 2.75) is 12.8 Å². The Hall–Kier alpha value is -2.02. The van der Waals surface area contributed by atoms with Crippen LogP contribution in [0.3, 0.4) is 0 Å². The lowest BCUT2D eigenvalue weighted by Gasteiger charge is -2.03. The molecule has 0 fully saturated rings. The van der Waals surface area contributed by atoms with E-state index in [1.165, 1.54) is 6.20 Å². The highest BCUT2D eigenvalue weighted by atomic mass is 16.5. The van der Waals surface area contributed by atoms with Crippen LogP contribution in [0.1, 0.15) is 23.2 Å². The van der Waals surface area contributed by atoms with Crippen LogP contribution in [-0.4, -0.2) is 17.5 Å². The maximum atomic E-state index is 10.7. The third kappa shape index (κ3) is 3.69. The zero-order valence-electron chi connectivity index (χ0n) is 8.27. The van der Waals surface area contributed by atoms with Crippen molar-refractivity contribution in [2.24, 2.45) is 5.73 Å². The van der Waals surface area contributed by atoms with Gasteiger partial charge in [-0.3, -0.25) is 4.79 Å². The number of nitrogens with two attached hydrogens (primary N) is 1. The van der Waals surface area contributed by atoms with Crippen LogP contribution in [0.15, 0.2) is 18.3 Å². The molecule has 1 heterocycles. The first-order valence-electron chi connectivity index (χ1n) is 4.56. The van der Waals surface area contributed by atoms with E-state index in [-0.39, 0.29) is 0 Å². The van der Waals surface area contributed by atoms with Gasteiger partial charge in [0.05, 0.1) is 12.2 Å². The van der Waals surface area contributed by atoms with Gasteiger partial charge in [-0.15, -0.1) is 12.3 Å². The molecule has 4 nitrogen and oxygen atoms in total. The Kier molecular flexibility index (Phi) is 4.17. The van der Waals surface area contributed by atoms with E-state index in [1.54, 1.807) is 12.1 Å². The zero-order valence-corrected chi connectivity index (χ0v) is 8.27. The van der Waals surface area contributed by atoms with Crippen LogP contribution in [0.25, 0.3) is 0 Å². The van der Waals surface area contributed by atoms with E-state index in [2.05, 4.69) is 10.9 Å². The molecule has 0 spiro atoms. The highest BCUT2D eigenvalue weighted by Crippen LogP contribution is 2.07. The maximum Gasteiger partial charge on any atom is 0.250 e. The standard InChI is InChI=1S/C11H12N2O2/c1-2-3-4-7-15-10-6-5-9(8-13-10)11(12)14/h1,5-6,8H,3-4,7H2,(H2,12,14). The number of amides is 1. The largest absolute Gasteiger partial charge is 0.478 e. The first kappa shape index (κ1) is 11.1. The van der Waals surface area contributed by atoms with E-state index in [0.717, 1.165) is 6.42 Å². The number of nitrogens with zero attached hydrogens (tertiary/aromatic N) is 1. The molecule has 0 aliphatic carbocycles. The van der Waals surface area contributed by atoms with Crippen LogP contribution in [0.4, 0.5) is 0 Å². The predicted molar refractivity (Wildman–Crippen MR) is 56.3 cm³/mol. The Morgan fingerprint density at radius 1 is 1.60 bits per heavy atom. The van der Waals surface area contributed by atoms with Gasteiger partial charge in [0, 0.05) is 18.7 Å². The summed E-state index contributed by atoms with van der Waals surface area (Å²) in [5.74, 6) is 2.49. The van der Waals surface area contributed by atoms with Gasteiger partial charge in [-0.25, -0.2) is 4.98 Å². The molecule has 0 aliphatic rings. The van der Waals surface area contributed by atoms with Crippen molar-refractivity contribution >= 4 is 5.91 Å². The summed E-state index contributed by atoms with van der Waals surface area (Å²) in [6.45, 7) is 0.521. The Bertz CT molecular complexity index is 365. The van der Waals surface area contributed by atoms with E-state index in [9.17, 15) is 4.79 Å². The molecule has 15 heavy (non-hydrogen) atoms. The smallest absolute Gasteiger partial charge is 0.250 e. The fourth-order valence-corrected chi connectivity index (χ4v) is 0.962. The van der Waals surface area contributed by atoms with Gasteiger partial charge in [0.2, 0.25) is 11.8 Å². The van der Waals surface area contributed by atoms with Crippen LogP contribution in [0.2, 0.25) is 0 Å². The second-order valence-electron chi connectivity index (χ2n) is 2.91. The second-order valence-corrected chi connectivity index (χ2v) is 2.91. The molecule has 78 valence electrons. The minimum Gasteiger partial charge on any atom is -0.478 e. The number of unbranched alkanes of at least 4 members (excludes halogenated alkanes) is 1. The van der Waals surface area contributed by atoms with Gasteiger partial charge in [0.15, 0.2) is 0 Å². The summed E-state index contributed by atoms with van der Waals surface area (Å²) < 4.78 is 5.28. The average Bonchev–Trinajstić information content (AvgIpc) is 2.25. The molecule has 0 aromatic carbocycles. The molecule has 4 heteroatoms. The molecule has 1 aromatic rings. The second kappa shape index (κ2) is 5.66. The van der Waals surface area contributed by atoms with Crippen LogP contribution in [0, 0.1) is 12.3 Å². The minimum absolute atomic E-state index is 0.367. The van der Waals surface area contributed by atoms with E-state index < -0.39 is 5.91 Å². The molecule has 2 N–H and O–H groups in total. The number of hydrogen-bond donors (Lipinski definition) is 1. The minimum atomic E-state index is -0.499. The quantitative estimate of drug-likeness (QED) is 0.574. The molecule has 0 atom stereocenters. The molecule has 1 rings (SSSR count). The number of carbonyl (C=O) groups is 1. The monoisotopic (exact) mass is 204 g/mol. The molecular weight excluding hydrogens is 192 g/mol. The van der Waals surface area contributed by atoms with E-state index in [4.69, 9.17) is 16.9 Å². The summed E-state index contributed by atoms with van der Waals surface area (Å²) in [5.41, 5.74) is 5.43. The number of primary amides is 1. The number of hydrogen-bond acceptors (Lipinski definition) is 3. The van der Waals surface area contributed by atoms with Gasteiger partial charge < -0.3 is 10.5 Å². The normalized spacial score (nSPS) is 9.27. The Labute approximate surface area is 88.5 Å². The predicted octanol–water partition coefficient (Wildman–Crippen LogP) is 0.973. The van der Waals surface area contributed by atoms with Gasteiger partial charge in [-0.05, 0) is 12.5 Å². The fourth-order valence-electron chi connectivity index (χ4n) is 0.962. The lowest BCUT2D eigenvalue weighted by molar-refractivity contribution is 0.1000. The van der Waals surface area contributed by atoms with Gasteiger partial charge in [0.1, 0.15) is 0 Å². The summed E-state index contributed by atoms with van der Waals surface area (Å²) in [4.78, 5) is 14.7. The third-order valence-electron chi connectivity index (χ3n) is 1.74. The van der Waals surface area contributed by atoms with Crippen molar-refractivity contribution in [3.8, 4) is 18.2 Å². The van der Waals surface area contributed by atoms with Crippen LogP contribution in [0.5, 0.6) is 5.88 Å². The Morgan fingerprint density at radius 3 is 2.93 bits per heavy atom. The molecule has 0 radical (unpaired) electrons. The molecular formula is C11H12N2O2. The first-order chi connectivity index (χ1) is 7.24. The number of carbonyl (C=O) groups excluding carboxylic acids is 1. The molecule has 0 unspecified atom stereocenters. The van der Waals surface area contributed by atoms with Gasteiger partial charge in [0.25, 0.3) is 0 Å². The van der Waals surface area contributed by atoms with Crippen LogP contribution in [-0.2, 0) is 0 Å². The summed E-state index contributed by atoms with van der Waals surface area (Å²) in [6.07, 6.45) is 7.94. The number of pyridine rings is 1. The van der Waals surface area contributed by atoms with Crippen molar-refractivity contribution in [1.29, 1.82) is 0 Å². The van der Waals surface area contributed by atoms with Crippen molar-refractivity contribution in [3.05, 3.63) is 23.9 Å². The molecule has 0 bridgehead atoms. The highest BCUT2D eigenvalue weighted by Gasteiger charge is 2.00. The Balaban J connectivity index is 2.43. The van der Waals surface area contributed by atoms with Gasteiger partial charge in [-0.2, -0.15) is 0 Å². The summed E-state index contributed by atoms with van der Waals surface area (Å²) in [7, 11) is 0. The number of rotatable bonds is 5. The van der Waals surface area contributed by atoms with E-state index in [1.807, 2.05) is 0 Å². The van der Waals surface area contributed by atoms with E-state index in [0.29, 0.717) is 24.5 Å². The number of ether oxygens (including phenoxy) is 1. The summed E-state index contributed by atoms with van der Waals surface area (Å²) >= 11 is 0. The molecule has 0 aliphatic heterocycles. The van der Waals surface area contributed by atoms with Crippen LogP contribution < -0.4 is 10.5 Å². The molecule has 1 aromatic heterocycles. The number of aromatic nitrogens is 1. The van der Waals surface area contributed by atoms with Crippen molar-refractivity contribution < 1.29 is 9.53 Å². The first-order valence-corrected chi connectivity index (χ1v) is 4.56. The van der Waals surface area contributed by atoms with Crippen LogP contribution >= 0.6 is 0 Å². The summed E-state index contributed by atoms with van der Waals surface area (Å²) in [6, 6.07) is 3.18. The van der Waals surface area contributed by atoms with Gasteiger partial charge >= 0.3 is 0 Å². The number of terminal acetylenes is 1.